The highest BCUT2D eigenvalue weighted by Crippen LogP contribution is 2.14. The van der Waals surface area contributed by atoms with Gasteiger partial charge in [0.15, 0.2) is 0 Å². The molecular weight excluding hydrogens is 300 g/mol. The van der Waals surface area contributed by atoms with Crippen LogP contribution in [0.5, 0.6) is 0 Å². The largest absolute Gasteiger partial charge is 0.480 e. The van der Waals surface area contributed by atoms with Crippen LogP contribution in [0, 0.1) is 0 Å². The Labute approximate surface area is 133 Å². The molecule has 0 bridgehead atoms. The highest BCUT2D eigenvalue weighted by Gasteiger charge is 2.34. The Bertz CT molecular complexity index is 628. The first kappa shape index (κ1) is 16.2. The van der Waals surface area contributed by atoms with Crippen LogP contribution in [0.15, 0.2) is 41.2 Å². The van der Waals surface area contributed by atoms with Crippen molar-refractivity contribution < 1.29 is 14.7 Å². The second-order valence-corrected chi connectivity index (χ2v) is 6.05. The summed E-state index contributed by atoms with van der Waals surface area (Å²) in [5, 5.41) is 14.0. The van der Waals surface area contributed by atoms with Crippen LogP contribution in [0.25, 0.3) is 0 Å². The lowest BCUT2D eigenvalue weighted by Gasteiger charge is -2.26. The van der Waals surface area contributed by atoms with Gasteiger partial charge in [-0.05, 0) is 18.9 Å². The van der Waals surface area contributed by atoms with Crippen LogP contribution in [0.2, 0.25) is 0 Å². The molecule has 0 aliphatic rings. The summed E-state index contributed by atoms with van der Waals surface area (Å²) in [6.07, 6.45) is 0.976. The second-order valence-electron chi connectivity index (χ2n) is 5.33. The molecule has 2 N–H and O–H groups in total. The van der Waals surface area contributed by atoms with Crippen LogP contribution >= 0.6 is 11.3 Å². The van der Waals surface area contributed by atoms with Crippen molar-refractivity contribution in [2.75, 3.05) is 0 Å². The van der Waals surface area contributed by atoms with Crippen LogP contribution in [0.1, 0.15) is 24.6 Å². The molecule has 116 valence electrons. The van der Waals surface area contributed by atoms with E-state index < -0.39 is 11.5 Å². The molecule has 6 heteroatoms. The molecular formula is C16H18N2O3S. The van der Waals surface area contributed by atoms with E-state index in [9.17, 15) is 14.7 Å². The number of aromatic nitrogens is 1. The number of aryl methyl sites for hydroxylation is 1. The Kier molecular flexibility index (Phi) is 5.27. The Morgan fingerprint density at radius 1 is 1.32 bits per heavy atom. The maximum Gasteiger partial charge on any atom is 0.329 e. The summed E-state index contributed by atoms with van der Waals surface area (Å²) in [4.78, 5) is 27.7. The minimum Gasteiger partial charge on any atom is -0.480 e. The third kappa shape index (κ3) is 4.39. The molecule has 0 saturated carbocycles. The summed E-state index contributed by atoms with van der Waals surface area (Å²) in [5.74, 6) is -1.33. The van der Waals surface area contributed by atoms with Crippen LogP contribution < -0.4 is 5.32 Å². The van der Waals surface area contributed by atoms with Crippen molar-refractivity contribution in [3.63, 3.8) is 0 Å². The van der Waals surface area contributed by atoms with Gasteiger partial charge in [0.25, 0.3) is 0 Å². The number of amides is 1. The van der Waals surface area contributed by atoms with Crippen molar-refractivity contribution in [3.05, 3.63) is 52.5 Å². The summed E-state index contributed by atoms with van der Waals surface area (Å²) >= 11 is 1.47. The van der Waals surface area contributed by atoms with Gasteiger partial charge in [-0.15, -0.1) is 11.3 Å². The van der Waals surface area contributed by atoms with E-state index in [2.05, 4.69) is 10.3 Å². The lowest BCUT2D eigenvalue weighted by molar-refractivity contribution is -0.146. The lowest BCUT2D eigenvalue weighted by atomic mass is 9.92. The topological polar surface area (TPSA) is 79.3 Å². The molecule has 0 aliphatic carbocycles. The van der Waals surface area contributed by atoms with E-state index in [1.54, 1.807) is 5.51 Å². The van der Waals surface area contributed by atoms with Crippen LogP contribution in [-0.2, 0) is 22.4 Å². The van der Waals surface area contributed by atoms with Gasteiger partial charge in [0.2, 0.25) is 5.91 Å². The fraction of sp³-hybridized carbons (Fsp3) is 0.312. The summed E-state index contributed by atoms with van der Waals surface area (Å²) in [5.41, 5.74) is 2.11. The first-order valence-electron chi connectivity index (χ1n) is 6.95. The molecule has 2 aromatic rings. The average Bonchev–Trinajstić information content (AvgIpc) is 2.99. The lowest BCUT2D eigenvalue weighted by Crippen LogP contribution is -2.53. The van der Waals surface area contributed by atoms with Gasteiger partial charge in [0.05, 0.1) is 11.2 Å². The molecule has 1 amide bonds. The van der Waals surface area contributed by atoms with Crippen LogP contribution in [0.4, 0.5) is 0 Å². The van der Waals surface area contributed by atoms with Gasteiger partial charge in [0, 0.05) is 18.2 Å². The zero-order chi connectivity index (χ0) is 16.0. The van der Waals surface area contributed by atoms with Gasteiger partial charge >= 0.3 is 5.97 Å². The maximum atomic E-state index is 12.0. The van der Waals surface area contributed by atoms with E-state index in [0.717, 1.165) is 11.3 Å². The molecule has 5 nitrogen and oxygen atoms in total. The van der Waals surface area contributed by atoms with E-state index >= 15 is 0 Å². The maximum absolute atomic E-state index is 12.0. The quantitative estimate of drug-likeness (QED) is 0.821. The summed E-state index contributed by atoms with van der Waals surface area (Å²) in [6, 6.07) is 9.27. The Hall–Kier alpha value is -2.21. The Morgan fingerprint density at radius 2 is 2.05 bits per heavy atom. The van der Waals surface area contributed by atoms with Gasteiger partial charge in [-0.25, -0.2) is 9.78 Å². The minimum atomic E-state index is -1.32. The molecule has 1 aromatic carbocycles. The van der Waals surface area contributed by atoms with Crippen molar-refractivity contribution in [1.29, 1.82) is 0 Å². The number of carbonyl (C=O) groups is 2. The number of carboxylic acid groups (broad SMARTS) is 1. The molecule has 0 unspecified atom stereocenters. The number of nitrogens with zero attached hydrogens (tertiary/aromatic N) is 1. The van der Waals surface area contributed by atoms with Crippen molar-refractivity contribution in [1.82, 2.24) is 10.3 Å². The number of nitrogens with one attached hydrogen (secondary N) is 1. The molecule has 0 spiro atoms. The Balaban J connectivity index is 1.98. The van der Waals surface area contributed by atoms with E-state index in [1.807, 2.05) is 35.7 Å². The fourth-order valence-corrected chi connectivity index (χ4v) is 2.74. The van der Waals surface area contributed by atoms with Crippen molar-refractivity contribution in [2.24, 2.45) is 0 Å². The summed E-state index contributed by atoms with van der Waals surface area (Å²) in [6.45, 7) is 1.53. The predicted octanol–water partition coefficient (Wildman–Crippen LogP) is 2.28. The number of benzene rings is 1. The average molecular weight is 318 g/mol. The summed E-state index contributed by atoms with van der Waals surface area (Å²) in [7, 11) is 0. The molecule has 1 aromatic heterocycles. The second kappa shape index (κ2) is 7.17. The zero-order valence-corrected chi connectivity index (χ0v) is 13.1. The first-order chi connectivity index (χ1) is 10.5. The molecule has 2 rings (SSSR count). The first-order valence-corrected chi connectivity index (χ1v) is 7.89. The summed E-state index contributed by atoms with van der Waals surface area (Å²) < 4.78 is 0. The number of thiazole rings is 1. The number of rotatable bonds is 7. The number of hydrogen-bond donors (Lipinski definition) is 2. The van der Waals surface area contributed by atoms with Crippen molar-refractivity contribution in [3.8, 4) is 0 Å². The highest BCUT2D eigenvalue weighted by atomic mass is 32.1. The van der Waals surface area contributed by atoms with E-state index in [4.69, 9.17) is 0 Å². The monoisotopic (exact) mass is 318 g/mol. The molecule has 0 radical (unpaired) electrons. The zero-order valence-electron chi connectivity index (χ0n) is 12.3. The Morgan fingerprint density at radius 3 is 2.64 bits per heavy atom. The number of carboxylic acids is 1. The third-order valence-corrected chi connectivity index (χ3v) is 4.01. The van der Waals surface area contributed by atoms with Gasteiger partial charge in [-0.1, -0.05) is 30.3 Å². The number of hydrogen-bond acceptors (Lipinski definition) is 4. The van der Waals surface area contributed by atoms with E-state index in [1.165, 1.54) is 18.3 Å². The van der Waals surface area contributed by atoms with Gasteiger partial charge in [-0.2, -0.15) is 0 Å². The highest BCUT2D eigenvalue weighted by molar-refractivity contribution is 7.07. The van der Waals surface area contributed by atoms with Gasteiger partial charge < -0.3 is 10.4 Å². The van der Waals surface area contributed by atoms with Gasteiger partial charge in [0.1, 0.15) is 5.54 Å². The van der Waals surface area contributed by atoms with E-state index in [0.29, 0.717) is 6.42 Å². The molecule has 1 heterocycles. The number of aliphatic carboxylic acids is 1. The van der Waals surface area contributed by atoms with Gasteiger partial charge in [-0.3, -0.25) is 4.79 Å². The molecule has 0 aliphatic heterocycles. The standard InChI is InChI=1S/C16H18N2O3S/c1-16(15(20)21,9-12-5-3-2-4-6-12)18-14(19)8-7-13-10-22-11-17-13/h2-6,10-11H,7-9H2,1H3,(H,18,19)(H,20,21)/t16-/m0/s1. The molecule has 0 fully saturated rings. The molecule has 1 atom stereocenters. The fourth-order valence-electron chi connectivity index (χ4n) is 2.15. The minimum absolute atomic E-state index is 0.224. The normalized spacial score (nSPS) is 13.3. The smallest absolute Gasteiger partial charge is 0.329 e. The molecule has 0 saturated heterocycles. The van der Waals surface area contributed by atoms with E-state index in [-0.39, 0.29) is 18.7 Å². The van der Waals surface area contributed by atoms with Crippen molar-refractivity contribution >= 4 is 23.2 Å². The molecule has 22 heavy (non-hydrogen) atoms. The third-order valence-electron chi connectivity index (χ3n) is 3.38. The van der Waals surface area contributed by atoms with Crippen molar-refractivity contribution in [2.45, 2.75) is 31.7 Å². The van der Waals surface area contributed by atoms with Crippen LogP contribution in [-0.4, -0.2) is 27.5 Å². The predicted molar refractivity (Wildman–Crippen MR) is 84.8 cm³/mol. The van der Waals surface area contributed by atoms with Crippen LogP contribution in [0.3, 0.4) is 0 Å². The number of carbonyl (C=O) groups excluding carboxylic acids is 1. The SMILES string of the molecule is C[C@@](Cc1ccccc1)(NC(=O)CCc1cscn1)C(=O)O.